The number of nitrogens with zero attached hydrogens (tertiary/aromatic N) is 2. The lowest BCUT2D eigenvalue weighted by molar-refractivity contribution is 0.864. The molecule has 1 aliphatic heterocycles. The second kappa shape index (κ2) is 1.90. The van der Waals surface area contributed by atoms with Gasteiger partial charge in [-0.25, -0.2) is 0 Å². The fraction of sp³-hybridized carbons (Fsp3) is 0.500. The van der Waals surface area contributed by atoms with Gasteiger partial charge in [-0.2, -0.15) is 5.10 Å². The third-order valence-corrected chi connectivity index (χ3v) is 1.76. The number of likely N-dealkylation sites (N-methyl/N-ethyl adjacent to an activating group) is 1. The van der Waals surface area contributed by atoms with E-state index in [-0.39, 0.29) is 0 Å². The van der Waals surface area contributed by atoms with Crippen molar-refractivity contribution in [2.45, 2.75) is 0 Å². The van der Waals surface area contributed by atoms with Crippen LogP contribution in [0.4, 0.5) is 11.5 Å². The van der Waals surface area contributed by atoms with Crippen LogP contribution >= 0.6 is 0 Å². The van der Waals surface area contributed by atoms with Crippen LogP contribution in [0.3, 0.4) is 0 Å². The summed E-state index contributed by atoms with van der Waals surface area (Å²) in [5, 5.41) is 10.1. The summed E-state index contributed by atoms with van der Waals surface area (Å²) in [4.78, 5) is 2.15. The summed E-state index contributed by atoms with van der Waals surface area (Å²) in [5.41, 5.74) is 1.11. The van der Waals surface area contributed by atoms with Crippen LogP contribution in [0.1, 0.15) is 0 Å². The van der Waals surface area contributed by atoms with E-state index in [0.29, 0.717) is 0 Å². The zero-order valence-electron chi connectivity index (χ0n) is 5.89. The predicted octanol–water partition coefficient (Wildman–Crippen LogP) is 0.271. The van der Waals surface area contributed by atoms with Crippen LogP contribution in [0.5, 0.6) is 0 Å². The van der Waals surface area contributed by atoms with Crippen molar-refractivity contribution >= 4 is 11.5 Å². The topological polar surface area (TPSA) is 44.0 Å². The van der Waals surface area contributed by atoms with Crippen LogP contribution in [-0.2, 0) is 0 Å². The molecule has 0 spiro atoms. The summed E-state index contributed by atoms with van der Waals surface area (Å²) in [7, 11) is 2.05. The quantitative estimate of drug-likeness (QED) is 0.541. The maximum Gasteiger partial charge on any atom is 0.147 e. The minimum absolute atomic E-state index is 1.00. The van der Waals surface area contributed by atoms with Crippen molar-refractivity contribution < 1.29 is 0 Å². The van der Waals surface area contributed by atoms with Crippen LogP contribution in [0.2, 0.25) is 0 Å². The van der Waals surface area contributed by atoms with Crippen LogP contribution in [-0.4, -0.2) is 30.3 Å². The zero-order valence-corrected chi connectivity index (χ0v) is 5.89. The molecule has 0 amide bonds. The molecule has 2 heterocycles. The molecule has 0 bridgehead atoms. The van der Waals surface area contributed by atoms with Crippen molar-refractivity contribution in [3.05, 3.63) is 6.20 Å². The van der Waals surface area contributed by atoms with Crippen molar-refractivity contribution in [3.8, 4) is 0 Å². The van der Waals surface area contributed by atoms with E-state index in [2.05, 4.69) is 27.5 Å². The molecule has 2 rings (SSSR count). The van der Waals surface area contributed by atoms with Gasteiger partial charge in [-0.3, -0.25) is 5.10 Å². The highest BCUT2D eigenvalue weighted by Gasteiger charge is 2.13. The van der Waals surface area contributed by atoms with E-state index < -0.39 is 0 Å². The van der Waals surface area contributed by atoms with E-state index in [4.69, 9.17) is 0 Å². The Bertz CT molecular complexity index is 229. The second-order valence-corrected chi connectivity index (χ2v) is 2.48. The summed E-state index contributed by atoms with van der Waals surface area (Å²) < 4.78 is 0. The molecule has 0 saturated heterocycles. The van der Waals surface area contributed by atoms with Gasteiger partial charge in [0.1, 0.15) is 5.82 Å². The highest BCUT2D eigenvalue weighted by atomic mass is 15.3. The average molecular weight is 138 g/mol. The van der Waals surface area contributed by atoms with Crippen LogP contribution < -0.4 is 10.2 Å². The average Bonchev–Trinajstić information content (AvgIpc) is 2.36. The number of H-pyrrole nitrogens is 1. The SMILES string of the molecule is CN1CCNc2cn[nH]c21. The Kier molecular flexibility index (Phi) is 1.06. The molecule has 1 aromatic heterocycles. The smallest absolute Gasteiger partial charge is 0.147 e. The molecule has 0 unspecified atom stereocenters. The zero-order chi connectivity index (χ0) is 6.97. The molecule has 10 heavy (non-hydrogen) atoms. The third kappa shape index (κ3) is 0.650. The summed E-state index contributed by atoms with van der Waals surface area (Å²) in [6.07, 6.45) is 1.81. The number of aromatic amines is 1. The van der Waals surface area contributed by atoms with Crippen LogP contribution in [0.25, 0.3) is 0 Å². The number of aromatic nitrogens is 2. The van der Waals surface area contributed by atoms with E-state index in [1.807, 2.05) is 6.20 Å². The second-order valence-electron chi connectivity index (χ2n) is 2.48. The fourth-order valence-corrected chi connectivity index (χ4v) is 1.17. The molecule has 54 valence electrons. The molecule has 0 saturated carbocycles. The normalized spacial score (nSPS) is 16.3. The summed E-state index contributed by atoms with van der Waals surface area (Å²) in [6, 6.07) is 0. The van der Waals surface area contributed by atoms with Gasteiger partial charge in [0.25, 0.3) is 0 Å². The molecule has 0 atom stereocenters. The summed E-state index contributed by atoms with van der Waals surface area (Å²) in [5.74, 6) is 1.09. The maximum atomic E-state index is 3.93. The van der Waals surface area contributed by atoms with Gasteiger partial charge in [0, 0.05) is 20.1 Å². The van der Waals surface area contributed by atoms with Gasteiger partial charge < -0.3 is 10.2 Å². The Morgan fingerprint density at radius 1 is 1.70 bits per heavy atom. The minimum Gasteiger partial charge on any atom is -0.379 e. The number of anilines is 2. The first kappa shape index (κ1) is 5.58. The van der Waals surface area contributed by atoms with Crippen molar-refractivity contribution in [1.29, 1.82) is 0 Å². The first-order valence-electron chi connectivity index (χ1n) is 3.36. The lowest BCUT2D eigenvalue weighted by Gasteiger charge is -2.24. The van der Waals surface area contributed by atoms with Crippen molar-refractivity contribution in [2.75, 3.05) is 30.4 Å². The van der Waals surface area contributed by atoms with Gasteiger partial charge in [-0.1, -0.05) is 0 Å². The summed E-state index contributed by atoms with van der Waals surface area (Å²) in [6.45, 7) is 2.04. The first-order valence-corrected chi connectivity index (χ1v) is 3.36. The molecule has 0 fully saturated rings. The molecule has 4 nitrogen and oxygen atoms in total. The maximum absolute atomic E-state index is 3.93. The molecule has 0 radical (unpaired) electrons. The summed E-state index contributed by atoms with van der Waals surface area (Å²) >= 11 is 0. The van der Waals surface area contributed by atoms with Crippen molar-refractivity contribution in [1.82, 2.24) is 10.2 Å². The number of nitrogens with one attached hydrogen (secondary N) is 2. The molecule has 0 aromatic carbocycles. The third-order valence-electron chi connectivity index (χ3n) is 1.76. The van der Waals surface area contributed by atoms with Crippen LogP contribution in [0, 0.1) is 0 Å². The molecule has 2 N–H and O–H groups in total. The van der Waals surface area contributed by atoms with E-state index >= 15 is 0 Å². The monoisotopic (exact) mass is 138 g/mol. The predicted molar refractivity (Wildman–Crippen MR) is 40.3 cm³/mol. The number of fused-ring (bicyclic) bond motifs is 1. The number of hydrogen-bond donors (Lipinski definition) is 2. The first-order chi connectivity index (χ1) is 4.88. The number of rotatable bonds is 0. The Balaban J connectivity index is 2.41. The van der Waals surface area contributed by atoms with Gasteiger partial charge in [-0.05, 0) is 0 Å². The highest BCUT2D eigenvalue weighted by Crippen LogP contribution is 2.23. The Hall–Kier alpha value is -1.19. The molecule has 1 aliphatic rings. The van der Waals surface area contributed by atoms with E-state index in [0.717, 1.165) is 24.6 Å². The van der Waals surface area contributed by atoms with Gasteiger partial charge in [0.05, 0.1) is 11.9 Å². The molecule has 0 aliphatic carbocycles. The van der Waals surface area contributed by atoms with Gasteiger partial charge in [0.2, 0.25) is 0 Å². The lowest BCUT2D eigenvalue weighted by Crippen LogP contribution is -2.30. The molecule has 4 heteroatoms. The lowest BCUT2D eigenvalue weighted by atomic mass is 10.3. The Labute approximate surface area is 59.2 Å². The van der Waals surface area contributed by atoms with Crippen LogP contribution in [0.15, 0.2) is 6.20 Å². The minimum atomic E-state index is 1.00. The fourth-order valence-electron chi connectivity index (χ4n) is 1.17. The van der Waals surface area contributed by atoms with Crippen molar-refractivity contribution in [3.63, 3.8) is 0 Å². The van der Waals surface area contributed by atoms with Gasteiger partial charge >= 0.3 is 0 Å². The Morgan fingerprint density at radius 2 is 2.60 bits per heavy atom. The number of hydrogen-bond acceptors (Lipinski definition) is 3. The molecule has 1 aromatic rings. The highest BCUT2D eigenvalue weighted by molar-refractivity contribution is 5.66. The van der Waals surface area contributed by atoms with Gasteiger partial charge in [-0.15, -0.1) is 0 Å². The van der Waals surface area contributed by atoms with E-state index in [9.17, 15) is 0 Å². The van der Waals surface area contributed by atoms with Crippen molar-refractivity contribution in [2.24, 2.45) is 0 Å². The molecular weight excluding hydrogens is 128 g/mol. The van der Waals surface area contributed by atoms with E-state index in [1.54, 1.807) is 0 Å². The molecular formula is C6H10N4. The standard InChI is InChI=1S/C6H10N4/c1-10-3-2-7-5-4-8-9-6(5)10/h4,7H,2-3H2,1H3,(H,8,9). The van der Waals surface area contributed by atoms with E-state index in [1.165, 1.54) is 0 Å². The van der Waals surface area contributed by atoms with Gasteiger partial charge in [0.15, 0.2) is 0 Å². The largest absolute Gasteiger partial charge is 0.379 e. The Morgan fingerprint density at radius 3 is 3.40 bits per heavy atom.